The molecule has 0 saturated carbocycles. The van der Waals surface area contributed by atoms with Crippen molar-refractivity contribution in [2.75, 3.05) is 25.4 Å². The molecule has 0 spiro atoms. The molecule has 1 saturated heterocycles. The molecule has 8 heteroatoms. The van der Waals surface area contributed by atoms with Crippen molar-refractivity contribution in [2.45, 2.75) is 24.4 Å². The molecule has 0 unspecified atom stereocenters. The summed E-state index contributed by atoms with van der Waals surface area (Å²) in [6, 6.07) is 0. The normalized spacial score (nSPS) is 16.3. The first kappa shape index (κ1) is 16.3. The van der Waals surface area contributed by atoms with Crippen LogP contribution in [0.25, 0.3) is 11.2 Å². The summed E-state index contributed by atoms with van der Waals surface area (Å²) in [6.45, 7) is 3.39. The van der Waals surface area contributed by atoms with E-state index in [-0.39, 0.29) is 11.2 Å². The summed E-state index contributed by atoms with van der Waals surface area (Å²) in [4.78, 5) is 31.3. The van der Waals surface area contributed by atoms with Gasteiger partial charge in [0.05, 0.1) is 0 Å². The van der Waals surface area contributed by atoms with Crippen LogP contribution in [0.3, 0.4) is 0 Å². The van der Waals surface area contributed by atoms with Crippen molar-refractivity contribution in [3.05, 3.63) is 20.8 Å². The summed E-state index contributed by atoms with van der Waals surface area (Å²) in [5.41, 5.74) is 0.285. The van der Waals surface area contributed by atoms with E-state index in [9.17, 15) is 9.59 Å². The number of nitrogens with zero attached hydrogens (tertiary/aromatic N) is 5. The maximum absolute atomic E-state index is 12.2. The van der Waals surface area contributed by atoms with E-state index in [4.69, 9.17) is 0 Å². The van der Waals surface area contributed by atoms with E-state index in [2.05, 4.69) is 9.88 Å². The Morgan fingerprint density at radius 2 is 1.70 bits per heavy atom. The molecule has 2 aromatic rings. The fourth-order valence-electron chi connectivity index (χ4n) is 3.14. The van der Waals surface area contributed by atoms with Crippen LogP contribution in [0.1, 0.15) is 19.3 Å². The van der Waals surface area contributed by atoms with Crippen LogP contribution >= 0.6 is 11.8 Å². The topological polar surface area (TPSA) is 65.1 Å². The van der Waals surface area contributed by atoms with Gasteiger partial charge in [-0.05, 0) is 25.9 Å². The first-order valence-electron chi connectivity index (χ1n) is 7.98. The van der Waals surface area contributed by atoms with Crippen molar-refractivity contribution < 1.29 is 0 Å². The number of rotatable bonds is 4. The van der Waals surface area contributed by atoms with Crippen LogP contribution in [0.15, 0.2) is 14.7 Å². The summed E-state index contributed by atoms with van der Waals surface area (Å²) in [5, 5.41) is 0.787. The smallest absolute Gasteiger partial charge is 0.308 e. The predicted molar refractivity (Wildman–Crippen MR) is 92.2 cm³/mol. The first-order valence-corrected chi connectivity index (χ1v) is 8.97. The van der Waals surface area contributed by atoms with Crippen molar-refractivity contribution in [3.8, 4) is 0 Å². The SMILES string of the molecule is Cn1c(=O)c2nc(SCCN3CCCCC3)n(C)c2n(C)c1=O. The van der Waals surface area contributed by atoms with Crippen molar-refractivity contribution in [2.24, 2.45) is 21.1 Å². The second-order valence-corrected chi connectivity index (χ2v) is 7.14. The molecule has 1 fully saturated rings. The Hall–Kier alpha value is -1.54. The van der Waals surface area contributed by atoms with Crippen LogP contribution in [-0.4, -0.2) is 49.0 Å². The van der Waals surface area contributed by atoms with Gasteiger partial charge in [0.2, 0.25) is 0 Å². The van der Waals surface area contributed by atoms with Gasteiger partial charge in [-0.1, -0.05) is 18.2 Å². The second-order valence-electron chi connectivity index (χ2n) is 6.08. The van der Waals surface area contributed by atoms with Crippen LogP contribution in [0.2, 0.25) is 0 Å². The molecular formula is C15H23N5O2S. The van der Waals surface area contributed by atoms with E-state index in [0.29, 0.717) is 11.2 Å². The van der Waals surface area contributed by atoms with E-state index in [1.54, 1.807) is 18.8 Å². The largest absolute Gasteiger partial charge is 0.332 e. The molecule has 0 bridgehead atoms. The van der Waals surface area contributed by atoms with Gasteiger partial charge in [0.25, 0.3) is 5.56 Å². The van der Waals surface area contributed by atoms with E-state index in [1.807, 2.05) is 11.6 Å². The molecule has 0 N–H and O–H groups in total. The number of aromatic nitrogens is 4. The Balaban J connectivity index is 1.83. The maximum Gasteiger partial charge on any atom is 0.332 e. The number of imidazole rings is 1. The lowest BCUT2D eigenvalue weighted by Gasteiger charge is -2.25. The van der Waals surface area contributed by atoms with E-state index in [1.165, 1.54) is 44.0 Å². The van der Waals surface area contributed by atoms with Crippen LogP contribution in [0, 0.1) is 0 Å². The molecule has 126 valence electrons. The minimum absolute atomic E-state index is 0.324. The number of likely N-dealkylation sites (tertiary alicyclic amines) is 1. The lowest BCUT2D eigenvalue weighted by molar-refractivity contribution is 0.242. The van der Waals surface area contributed by atoms with E-state index >= 15 is 0 Å². The highest BCUT2D eigenvalue weighted by molar-refractivity contribution is 7.99. The maximum atomic E-state index is 12.2. The Morgan fingerprint density at radius 3 is 2.39 bits per heavy atom. The highest BCUT2D eigenvalue weighted by Gasteiger charge is 2.17. The van der Waals surface area contributed by atoms with Crippen LogP contribution < -0.4 is 11.2 Å². The monoisotopic (exact) mass is 337 g/mol. The third kappa shape index (κ3) is 2.97. The fraction of sp³-hybridized carbons (Fsp3) is 0.667. The summed E-state index contributed by atoms with van der Waals surface area (Å²) >= 11 is 1.64. The molecule has 3 rings (SSSR count). The van der Waals surface area contributed by atoms with Gasteiger partial charge in [-0.25, -0.2) is 9.78 Å². The zero-order chi connectivity index (χ0) is 16.6. The van der Waals surface area contributed by atoms with Gasteiger partial charge in [0.1, 0.15) is 0 Å². The molecule has 0 radical (unpaired) electrons. The number of hydrogen-bond acceptors (Lipinski definition) is 5. The van der Waals surface area contributed by atoms with E-state index < -0.39 is 0 Å². The summed E-state index contributed by atoms with van der Waals surface area (Å²) in [7, 11) is 5.02. The Labute approximate surface area is 138 Å². The highest BCUT2D eigenvalue weighted by Crippen LogP contribution is 2.20. The van der Waals surface area contributed by atoms with Gasteiger partial charge in [0.15, 0.2) is 16.3 Å². The second kappa shape index (κ2) is 6.52. The zero-order valence-electron chi connectivity index (χ0n) is 13.9. The van der Waals surface area contributed by atoms with Gasteiger partial charge >= 0.3 is 5.69 Å². The van der Waals surface area contributed by atoms with Crippen molar-refractivity contribution in [1.82, 2.24) is 23.6 Å². The summed E-state index contributed by atoms with van der Waals surface area (Å²) in [5.74, 6) is 0.936. The van der Waals surface area contributed by atoms with Gasteiger partial charge in [0, 0.05) is 33.4 Å². The number of fused-ring (bicyclic) bond motifs is 1. The van der Waals surface area contributed by atoms with Crippen molar-refractivity contribution in [1.29, 1.82) is 0 Å². The lowest BCUT2D eigenvalue weighted by Crippen LogP contribution is -2.37. The molecule has 3 heterocycles. The molecular weight excluding hydrogens is 314 g/mol. The molecule has 1 aliphatic heterocycles. The molecule has 1 aliphatic rings. The Bertz CT molecular complexity index is 829. The number of piperidine rings is 1. The quantitative estimate of drug-likeness (QED) is 0.762. The van der Waals surface area contributed by atoms with Crippen LogP contribution in [-0.2, 0) is 21.1 Å². The molecule has 0 aliphatic carbocycles. The molecule has 7 nitrogen and oxygen atoms in total. The van der Waals surface area contributed by atoms with Crippen LogP contribution in [0.5, 0.6) is 0 Å². The molecule has 0 atom stereocenters. The predicted octanol–water partition coefficient (Wildman–Crippen LogP) is 0.549. The van der Waals surface area contributed by atoms with Crippen molar-refractivity contribution >= 4 is 22.9 Å². The van der Waals surface area contributed by atoms with Crippen LogP contribution in [0.4, 0.5) is 0 Å². The first-order chi connectivity index (χ1) is 11.0. The standard InChI is InChI=1S/C15H23N5O2S/c1-17-12-11(13(21)19(3)15(22)18(12)2)16-14(17)23-10-9-20-7-5-4-6-8-20/h4-10H2,1-3H3. The van der Waals surface area contributed by atoms with Gasteiger partial charge in [-0.2, -0.15) is 0 Å². The lowest BCUT2D eigenvalue weighted by atomic mass is 10.1. The molecule has 2 aromatic heterocycles. The third-order valence-corrected chi connectivity index (χ3v) is 5.52. The van der Waals surface area contributed by atoms with Gasteiger partial charge in [-0.3, -0.25) is 13.9 Å². The average molecular weight is 337 g/mol. The Kier molecular flexibility index (Phi) is 4.63. The number of thioether (sulfide) groups is 1. The minimum Gasteiger partial charge on any atom is -0.308 e. The number of aryl methyl sites for hydroxylation is 2. The van der Waals surface area contributed by atoms with Gasteiger partial charge in [-0.15, -0.1) is 0 Å². The molecule has 0 amide bonds. The minimum atomic E-state index is -0.332. The van der Waals surface area contributed by atoms with Gasteiger partial charge < -0.3 is 9.47 Å². The number of hydrogen-bond donors (Lipinski definition) is 0. The van der Waals surface area contributed by atoms with Crippen molar-refractivity contribution in [3.63, 3.8) is 0 Å². The third-order valence-electron chi connectivity index (χ3n) is 4.51. The molecule has 23 heavy (non-hydrogen) atoms. The highest BCUT2D eigenvalue weighted by atomic mass is 32.2. The molecule has 0 aromatic carbocycles. The zero-order valence-corrected chi connectivity index (χ0v) is 14.7. The summed E-state index contributed by atoms with van der Waals surface area (Å²) in [6.07, 6.45) is 3.91. The average Bonchev–Trinajstić information content (AvgIpc) is 2.89. The Morgan fingerprint density at radius 1 is 1.00 bits per heavy atom. The summed E-state index contributed by atoms with van der Waals surface area (Å²) < 4.78 is 4.44. The fourth-order valence-corrected chi connectivity index (χ4v) is 4.10. The van der Waals surface area contributed by atoms with E-state index in [0.717, 1.165) is 22.0 Å².